The summed E-state index contributed by atoms with van der Waals surface area (Å²) < 4.78 is 0. The van der Waals surface area contributed by atoms with Gasteiger partial charge in [-0.3, -0.25) is 0 Å². The first kappa shape index (κ1) is 20.2. The first-order valence-corrected chi connectivity index (χ1v) is 10.5. The third kappa shape index (κ3) is 5.48. The molecule has 0 fully saturated rings. The van der Waals surface area contributed by atoms with Crippen LogP contribution < -0.4 is 0 Å². The quantitative estimate of drug-likeness (QED) is 0.450. The van der Waals surface area contributed by atoms with E-state index in [4.69, 9.17) is 0 Å². The van der Waals surface area contributed by atoms with Crippen molar-refractivity contribution in [2.45, 2.75) is 58.3 Å². The number of phenolic OH excluding ortho intramolecular Hbond substituents is 1. The van der Waals surface area contributed by atoms with E-state index in [2.05, 4.69) is 69.3 Å². The van der Waals surface area contributed by atoms with Crippen LogP contribution in [-0.2, 0) is 19.3 Å². The highest BCUT2D eigenvalue weighted by Crippen LogP contribution is 2.26. The van der Waals surface area contributed by atoms with Crippen molar-refractivity contribution in [2.75, 3.05) is 0 Å². The number of hydrogen-bond donors (Lipinski definition) is 1. The summed E-state index contributed by atoms with van der Waals surface area (Å²) in [5.41, 5.74) is 6.94. The van der Waals surface area contributed by atoms with E-state index in [1.807, 2.05) is 12.1 Å². The molecule has 2 atom stereocenters. The molecule has 0 aliphatic carbocycles. The predicted molar refractivity (Wildman–Crippen MR) is 119 cm³/mol. The van der Waals surface area contributed by atoms with Gasteiger partial charge < -0.3 is 5.11 Å². The van der Waals surface area contributed by atoms with Crippen LogP contribution in [0.3, 0.4) is 0 Å². The van der Waals surface area contributed by atoms with E-state index < -0.39 is 0 Å². The van der Waals surface area contributed by atoms with Gasteiger partial charge in [0.2, 0.25) is 0 Å². The molecule has 3 rings (SSSR count). The lowest BCUT2D eigenvalue weighted by atomic mass is 9.88. The molecule has 2 unspecified atom stereocenters. The molecule has 28 heavy (non-hydrogen) atoms. The summed E-state index contributed by atoms with van der Waals surface area (Å²) in [6.07, 6.45) is 4.40. The maximum absolute atomic E-state index is 9.47. The van der Waals surface area contributed by atoms with Gasteiger partial charge in [0.1, 0.15) is 5.75 Å². The van der Waals surface area contributed by atoms with Gasteiger partial charge in [0.05, 0.1) is 0 Å². The highest BCUT2D eigenvalue weighted by molar-refractivity contribution is 5.32. The molecule has 1 nitrogen and oxygen atoms in total. The molecule has 0 aliphatic rings. The number of hydrogen-bond acceptors (Lipinski definition) is 1. The fourth-order valence-electron chi connectivity index (χ4n) is 3.95. The first-order valence-electron chi connectivity index (χ1n) is 10.5. The topological polar surface area (TPSA) is 20.2 Å². The summed E-state index contributed by atoms with van der Waals surface area (Å²) >= 11 is 0. The Balaban J connectivity index is 1.68. The highest BCUT2D eigenvalue weighted by Gasteiger charge is 2.11. The van der Waals surface area contributed by atoms with Gasteiger partial charge in [-0.15, -0.1) is 0 Å². The van der Waals surface area contributed by atoms with Crippen molar-refractivity contribution in [3.8, 4) is 5.75 Å². The average molecular weight is 373 g/mol. The minimum atomic E-state index is 0.329. The highest BCUT2D eigenvalue weighted by atomic mass is 16.3. The maximum Gasteiger partial charge on any atom is 0.115 e. The Morgan fingerprint density at radius 1 is 0.679 bits per heavy atom. The van der Waals surface area contributed by atoms with Crippen LogP contribution in [0.2, 0.25) is 0 Å². The molecule has 0 aliphatic heterocycles. The molecule has 0 amide bonds. The Morgan fingerprint density at radius 3 is 1.82 bits per heavy atom. The van der Waals surface area contributed by atoms with Crippen LogP contribution in [0, 0.1) is 0 Å². The van der Waals surface area contributed by atoms with E-state index in [1.165, 1.54) is 34.2 Å². The van der Waals surface area contributed by atoms with Crippen LogP contribution in [0.15, 0.2) is 72.8 Å². The molecule has 1 heteroatoms. The van der Waals surface area contributed by atoms with Crippen molar-refractivity contribution in [1.29, 1.82) is 0 Å². The number of phenols is 1. The van der Waals surface area contributed by atoms with Crippen molar-refractivity contribution < 1.29 is 5.11 Å². The fraction of sp³-hybridized carbons (Fsp3) is 0.333. The normalized spacial score (nSPS) is 13.2. The molecule has 3 aromatic rings. The zero-order valence-corrected chi connectivity index (χ0v) is 17.4. The maximum atomic E-state index is 9.47. The van der Waals surface area contributed by atoms with Crippen molar-refractivity contribution in [1.82, 2.24) is 0 Å². The van der Waals surface area contributed by atoms with Crippen LogP contribution in [-0.4, -0.2) is 5.11 Å². The molecule has 0 saturated heterocycles. The van der Waals surface area contributed by atoms with Gasteiger partial charge >= 0.3 is 0 Å². The Bertz CT molecular complexity index is 879. The molecule has 0 spiro atoms. The smallest absolute Gasteiger partial charge is 0.115 e. The van der Waals surface area contributed by atoms with Gasteiger partial charge in [-0.25, -0.2) is 0 Å². The van der Waals surface area contributed by atoms with Gasteiger partial charge in [-0.1, -0.05) is 87.9 Å². The summed E-state index contributed by atoms with van der Waals surface area (Å²) in [5, 5.41) is 9.47. The molecule has 3 aromatic carbocycles. The Kier molecular flexibility index (Phi) is 6.92. The van der Waals surface area contributed by atoms with E-state index in [9.17, 15) is 5.11 Å². The van der Waals surface area contributed by atoms with E-state index in [0.29, 0.717) is 17.6 Å². The lowest BCUT2D eigenvalue weighted by Crippen LogP contribution is -2.02. The summed E-state index contributed by atoms with van der Waals surface area (Å²) in [5.74, 6) is 1.29. The van der Waals surface area contributed by atoms with Gasteiger partial charge in [0, 0.05) is 0 Å². The van der Waals surface area contributed by atoms with Crippen molar-refractivity contribution >= 4 is 0 Å². The SMILES string of the molecule is CCCc1cccc(C(C)Cc2cccc(C(C)Cc3ccc(O)cc3)c2)c1. The van der Waals surface area contributed by atoms with Crippen LogP contribution >= 0.6 is 0 Å². The molecule has 146 valence electrons. The summed E-state index contributed by atoms with van der Waals surface area (Å²) in [7, 11) is 0. The Labute approximate surface area is 170 Å². The first-order chi connectivity index (χ1) is 13.5. The zero-order valence-electron chi connectivity index (χ0n) is 17.4. The molecule has 0 bridgehead atoms. The average Bonchev–Trinajstić information content (AvgIpc) is 2.70. The number of aromatic hydroxyl groups is 1. The van der Waals surface area contributed by atoms with Crippen LogP contribution in [0.1, 0.15) is 66.8 Å². The molecule has 1 N–H and O–H groups in total. The minimum Gasteiger partial charge on any atom is -0.508 e. The molecule has 0 aromatic heterocycles. The van der Waals surface area contributed by atoms with E-state index >= 15 is 0 Å². The second-order valence-electron chi connectivity index (χ2n) is 8.12. The van der Waals surface area contributed by atoms with Crippen LogP contribution in [0.25, 0.3) is 0 Å². The summed E-state index contributed by atoms with van der Waals surface area (Å²) in [4.78, 5) is 0. The van der Waals surface area contributed by atoms with Crippen molar-refractivity contribution in [2.24, 2.45) is 0 Å². The number of aryl methyl sites for hydroxylation is 1. The summed E-state index contributed by atoms with van der Waals surface area (Å²) in [6.45, 7) is 6.85. The Hall–Kier alpha value is -2.54. The van der Waals surface area contributed by atoms with Crippen LogP contribution in [0.5, 0.6) is 5.75 Å². The van der Waals surface area contributed by atoms with Gasteiger partial charge in [-0.05, 0) is 71.0 Å². The fourth-order valence-corrected chi connectivity index (χ4v) is 3.95. The van der Waals surface area contributed by atoms with E-state index in [0.717, 1.165) is 19.3 Å². The van der Waals surface area contributed by atoms with E-state index in [1.54, 1.807) is 12.1 Å². The molecule has 0 radical (unpaired) electrons. The lowest BCUT2D eigenvalue weighted by molar-refractivity contribution is 0.475. The second kappa shape index (κ2) is 9.59. The van der Waals surface area contributed by atoms with Gasteiger partial charge in [-0.2, -0.15) is 0 Å². The number of rotatable bonds is 8. The molecular formula is C27H32O. The summed E-state index contributed by atoms with van der Waals surface area (Å²) in [6, 6.07) is 25.7. The molecule has 0 saturated carbocycles. The van der Waals surface area contributed by atoms with Gasteiger partial charge in [0.15, 0.2) is 0 Å². The lowest BCUT2D eigenvalue weighted by Gasteiger charge is -2.16. The second-order valence-corrected chi connectivity index (χ2v) is 8.12. The van der Waals surface area contributed by atoms with Crippen LogP contribution in [0.4, 0.5) is 0 Å². The van der Waals surface area contributed by atoms with Crippen molar-refractivity contribution in [3.63, 3.8) is 0 Å². The molecule has 0 heterocycles. The monoisotopic (exact) mass is 372 g/mol. The Morgan fingerprint density at radius 2 is 1.21 bits per heavy atom. The van der Waals surface area contributed by atoms with Crippen molar-refractivity contribution in [3.05, 3.63) is 101 Å². The third-order valence-corrected chi connectivity index (χ3v) is 5.60. The standard InChI is InChI=1S/C27H32O/c1-4-7-22-8-5-10-25(18-22)21(3)17-24-9-6-11-26(19-24)20(2)16-23-12-14-27(28)15-13-23/h5-6,8-15,18-21,28H,4,7,16-17H2,1-3H3. The van der Waals surface area contributed by atoms with E-state index in [-0.39, 0.29) is 0 Å². The predicted octanol–water partition coefficient (Wildman–Crippen LogP) is 7.04. The number of benzene rings is 3. The molecular weight excluding hydrogens is 340 g/mol. The minimum absolute atomic E-state index is 0.329. The van der Waals surface area contributed by atoms with Gasteiger partial charge in [0.25, 0.3) is 0 Å². The zero-order chi connectivity index (χ0) is 19.9. The largest absolute Gasteiger partial charge is 0.508 e. The third-order valence-electron chi connectivity index (χ3n) is 5.60.